The van der Waals surface area contributed by atoms with Gasteiger partial charge in [0.15, 0.2) is 0 Å². The van der Waals surface area contributed by atoms with Crippen LogP contribution in [0, 0.1) is 5.92 Å². The Kier molecular flexibility index (Phi) is 7.36. The number of nitrogens with two attached hydrogens (primary N) is 1. The van der Waals surface area contributed by atoms with Crippen LogP contribution in [0.3, 0.4) is 0 Å². The molecule has 1 aromatic rings. The molecule has 0 saturated carbocycles. The largest absolute Gasteiger partial charge is 0.458 e. The molecule has 1 heterocycles. The highest BCUT2D eigenvalue weighted by atomic mass is 16.5. The minimum atomic E-state index is 0.464. The number of nitrogen functional groups attached to an aromatic ring is 1. The van der Waals surface area contributed by atoms with Crippen LogP contribution in [0.2, 0.25) is 0 Å². The molecule has 0 aromatic carbocycles. The van der Waals surface area contributed by atoms with Gasteiger partial charge < -0.3 is 15.5 Å². The molecule has 0 amide bonds. The quantitative estimate of drug-likeness (QED) is 0.601. The SMILES string of the molecule is C=C(/C=C\C(C)C)OC(=C)c1cc[nH]c1N.CC. The summed E-state index contributed by atoms with van der Waals surface area (Å²) in [7, 11) is 0. The second-order valence-electron chi connectivity index (χ2n) is 3.90. The fraction of sp³-hybridized carbons (Fsp3) is 0.333. The molecule has 0 saturated heterocycles. The fourth-order valence-corrected chi connectivity index (χ4v) is 1.17. The molecule has 0 aliphatic heterocycles. The highest BCUT2D eigenvalue weighted by Gasteiger charge is 2.06. The van der Waals surface area contributed by atoms with Crippen LogP contribution in [0.4, 0.5) is 5.82 Å². The van der Waals surface area contributed by atoms with Gasteiger partial charge in [0.25, 0.3) is 0 Å². The molecule has 0 unspecified atom stereocenters. The molecular weight excluding hydrogens is 224 g/mol. The van der Waals surface area contributed by atoms with E-state index >= 15 is 0 Å². The van der Waals surface area contributed by atoms with Crippen molar-refractivity contribution in [2.24, 2.45) is 5.92 Å². The van der Waals surface area contributed by atoms with Crippen molar-refractivity contribution < 1.29 is 4.74 Å². The van der Waals surface area contributed by atoms with Gasteiger partial charge in [-0.25, -0.2) is 0 Å². The Labute approximate surface area is 110 Å². The van der Waals surface area contributed by atoms with Gasteiger partial charge in [-0.1, -0.05) is 46.9 Å². The molecule has 3 nitrogen and oxygen atoms in total. The van der Waals surface area contributed by atoms with E-state index in [1.54, 1.807) is 6.20 Å². The van der Waals surface area contributed by atoms with E-state index in [0.29, 0.717) is 23.3 Å². The summed E-state index contributed by atoms with van der Waals surface area (Å²) in [6.07, 6.45) is 5.58. The smallest absolute Gasteiger partial charge is 0.131 e. The van der Waals surface area contributed by atoms with Gasteiger partial charge in [0, 0.05) is 6.20 Å². The van der Waals surface area contributed by atoms with Gasteiger partial charge in [0.1, 0.15) is 17.3 Å². The fourth-order valence-electron chi connectivity index (χ4n) is 1.17. The summed E-state index contributed by atoms with van der Waals surface area (Å²) < 4.78 is 5.45. The van der Waals surface area contributed by atoms with E-state index in [4.69, 9.17) is 10.5 Å². The summed E-state index contributed by atoms with van der Waals surface area (Å²) in [5.41, 5.74) is 6.46. The first kappa shape index (κ1) is 16.1. The molecule has 0 atom stereocenters. The summed E-state index contributed by atoms with van der Waals surface area (Å²) in [4.78, 5) is 2.86. The first-order valence-electron chi connectivity index (χ1n) is 6.17. The minimum Gasteiger partial charge on any atom is -0.458 e. The van der Waals surface area contributed by atoms with Gasteiger partial charge in [0.05, 0.1) is 5.56 Å². The lowest BCUT2D eigenvalue weighted by Gasteiger charge is -2.08. The van der Waals surface area contributed by atoms with Crippen molar-refractivity contribution in [2.75, 3.05) is 5.73 Å². The molecule has 0 radical (unpaired) electrons. The molecule has 1 aromatic heterocycles. The summed E-state index contributed by atoms with van der Waals surface area (Å²) in [6.45, 7) is 15.8. The zero-order valence-electron chi connectivity index (χ0n) is 11.8. The van der Waals surface area contributed by atoms with Crippen molar-refractivity contribution >= 4 is 11.6 Å². The second-order valence-corrected chi connectivity index (χ2v) is 3.90. The Morgan fingerprint density at radius 2 is 2.00 bits per heavy atom. The molecule has 3 N–H and O–H groups in total. The predicted molar refractivity (Wildman–Crippen MR) is 79.8 cm³/mol. The number of nitrogens with one attached hydrogen (secondary N) is 1. The van der Waals surface area contributed by atoms with Crippen molar-refractivity contribution in [3.63, 3.8) is 0 Å². The number of anilines is 1. The topological polar surface area (TPSA) is 51.0 Å². The Hall–Kier alpha value is -1.90. The van der Waals surface area contributed by atoms with Crippen molar-refractivity contribution in [1.82, 2.24) is 4.98 Å². The van der Waals surface area contributed by atoms with Crippen molar-refractivity contribution in [3.05, 3.63) is 48.9 Å². The molecule has 0 bridgehead atoms. The zero-order valence-corrected chi connectivity index (χ0v) is 11.8. The summed E-state index contributed by atoms with van der Waals surface area (Å²) in [6, 6.07) is 1.82. The first-order chi connectivity index (χ1) is 8.50. The highest BCUT2D eigenvalue weighted by Crippen LogP contribution is 2.22. The maximum absolute atomic E-state index is 5.70. The molecule has 1 rings (SSSR count). The van der Waals surface area contributed by atoms with Gasteiger partial charge in [0.2, 0.25) is 0 Å². The van der Waals surface area contributed by atoms with E-state index in [9.17, 15) is 0 Å². The van der Waals surface area contributed by atoms with Crippen LogP contribution in [0.1, 0.15) is 33.3 Å². The van der Waals surface area contributed by atoms with Crippen molar-refractivity contribution in [2.45, 2.75) is 27.7 Å². The van der Waals surface area contributed by atoms with Crippen LogP contribution in [0.25, 0.3) is 5.76 Å². The molecule has 0 fully saturated rings. The lowest BCUT2D eigenvalue weighted by molar-refractivity contribution is 0.404. The lowest BCUT2D eigenvalue weighted by atomic mass is 10.2. The average molecular weight is 248 g/mol. The third kappa shape index (κ3) is 5.43. The molecule has 100 valence electrons. The Morgan fingerprint density at radius 1 is 1.39 bits per heavy atom. The number of hydrogen-bond donors (Lipinski definition) is 2. The van der Waals surface area contributed by atoms with Crippen LogP contribution in [0.15, 0.2) is 43.3 Å². The zero-order chi connectivity index (χ0) is 14.1. The number of rotatable bonds is 5. The number of H-pyrrole nitrogens is 1. The van der Waals surface area contributed by atoms with Crippen molar-refractivity contribution in [1.29, 1.82) is 0 Å². The maximum Gasteiger partial charge on any atom is 0.131 e. The molecule has 18 heavy (non-hydrogen) atoms. The molecular formula is C15H24N2O. The normalized spacial score (nSPS) is 10.1. The Morgan fingerprint density at radius 3 is 2.44 bits per heavy atom. The number of aromatic amines is 1. The number of ether oxygens (including phenoxy) is 1. The van der Waals surface area contributed by atoms with Gasteiger partial charge in [-0.15, -0.1) is 0 Å². The predicted octanol–water partition coefficient (Wildman–Crippen LogP) is 4.34. The van der Waals surface area contributed by atoms with Crippen LogP contribution in [-0.4, -0.2) is 4.98 Å². The van der Waals surface area contributed by atoms with Crippen LogP contribution < -0.4 is 5.73 Å². The summed E-state index contributed by atoms with van der Waals surface area (Å²) >= 11 is 0. The second kappa shape index (κ2) is 8.23. The van der Waals surface area contributed by atoms with Gasteiger partial charge in [-0.2, -0.15) is 0 Å². The van der Waals surface area contributed by atoms with Crippen LogP contribution in [0.5, 0.6) is 0 Å². The Bertz CT molecular complexity index is 414. The van der Waals surface area contributed by atoms with E-state index in [2.05, 4.69) is 32.0 Å². The monoisotopic (exact) mass is 248 g/mol. The van der Waals surface area contributed by atoms with E-state index in [1.165, 1.54) is 0 Å². The molecule has 0 spiro atoms. The van der Waals surface area contributed by atoms with E-state index in [1.807, 2.05) is 32.1 Å². The van der Waals surface area contributed by atoms with Gasteiger partial charge in [-0.05, 0) is 18.1 Å². The van der Waals surface area contributed by atoms with Crippen LogP contribution >= 0.6 is 0 Å². The number of aromatic nitrogens is 1. The number of allylic oxidation sites excluding steroid dienone is 2. The van der Waals surface area contributed by atoms with Crippen LogP contribution in [-0.2, 0) is 4.74 Å². The lowest BCUT2D eigenvalue weighted by Crippen LogP contribution is -1.93. The summed E-state index contributed by atoms with van der Waals surface area (Å²) in [5, 5.41) is 0. The van der Waals surface area contributed by atoms with E-state index in [-0.39, 0.29) is 0 Å². The Balaban J connectivity index is 0.00000137. The summed E-state index contributed by atoms with van der Waals surface area (Å²) in [5.74, 6) is 2.06. The standard InChI is InChI=1S/C13H18N2O.C2H6/c1-9(2)5-6-10(3)16-11(4)12-7-8-15-13(12)14;1-2/h5-9,15H,3-4,14H2,1-2H3;1-2H3/b6-5-;. The third-order valence-electron chi connectivity index (χ3n) is 2.00. The first-order valence-corrected chi connectivity index (χ1v) is 6.17. The average Bonchev–Trinajstić information content (AvgIpc) is 2.75. The van der Waals surface area contributed by atoms with Crippen molar-refractivity contribution in [3.8, 4) is 0 Å². The van der Waals surface area contributed by atoms with E-state index < -0.39 is 0 Å². The van der Waals surface area contributed by atoms with Gasteiger partial charge in [-0.3, -0.25) is 0 Å². The van der Waals surface area contributed by atoms with Gasteiger partial charge >= 0.3 is 0 Å². The molecule has 0 aliphatic carbocycles. The van der Waals surface area contributed by atoms with E-state index in [0.717, 1.165) is 5.56 Å². The number of hydrogen-bond acceptors (Lipinski definition) is 2. The maximum atomic E-state index is 5.70. The minimum absolute atomic E-state index is 0.464. The highest BCUT2D eigenvalue weighted by molar-refractivity contribution is 5.68. The molecule has 0 aliphatic rings. The molecule has 3 heteroatoms. The third-order valence-corrected chi connectivity index (χ3v) is 2.00.